The van der Waals surface area contributed by atoms with Crippen LogP contribution >= 0.6 is 0 Å². The Kier molecular flexibility index (Phi) is 4.15. The van der Waals surface area contributed by atoms with Crippen LogP contribution in [0.2, 0.25) is 0 Å². The quantitative estimate of drug-likeness (QED) is 0.661. The number of carboxylic acid groups (broad SMARTS) is 1. The smallest absolute Gasteiger partial charge is 0.315 e. The summed E-state index contributed by atoms with van der Waals surface area (Å²) in [5, 5.41) is 14.2. The van der Waals surface area contributed by atoms with E-state index in [2.05, 4.69) is 10.6 Å². The van der Waals surface area contributed by atoms with Crippen molar-refractivity contribution < 1.29 is 14.7 Å². The first-order chi connectivity index (χ1) is 7.41. The average Bonchev–Trinajstić information content (AvgIpc) is 2.98. The van der Waals surface area contributed by atoms with Crippen LogP contribution in [0.25, 0.3) is 0 Å². The van der Waals surface area contributed by atoms with Crippen LogP contribution in [-0.4, -0.2) is 29.2 Å². The highest BCUT2D eigenvalue weighted by atomic mass is 16.4. The monoisotopic (exact) mass is 228 g/mol. The first-order valence-corrected chi connectivity index (χ1v) is 5.71. The predicted molar refractivity (Wildman–Crippen MR) is 60.1 cm³/mol. The molecule has 3 N–H and O–H groups in total. The van der Waals surface area contributed by atoms with Crippen LogP contribution in [0.3, 0.4) is 0 Å². The molecule has 0 aliphatic heterocycles. The van der Waals surface area contributed by atoms with Crippen LogP contribution < -0.4 is 10.6 Å². The number of urea groups is 1. The van der Waals surface area contributed by atoms with Crippen molar-refractivity contribution in [2.24, 2.45) is 11.8 Å². The number of hydrogen-bond donors (Lipinski definition) is 3. The topological polar surface area (TPSA) is 78.4 Å². The van der Waals surface area contributed by atoms with Gasteiger partial charge in [0.2, 0.25) is 0 Å². The highest BCUT2D eigenvalue weighted by Crippen LogP contribution is 2.32. The first-order valence-electron chi connectivity index (χ1n) is 5.71. The number of rotatable bonds is 5. The largest absolute Gasteiger partial charge is 0.481 e. The van der Waals surface area contributed by atoms with Crippen molar-refractivity contribution in [2.45, 2.75) is 45.7 Å². The van der Waals surface area contributed by atoms with Gasteiger partial charge < -0.3 is 15.7 Å². The molecule has 1 saturated carbocycles. The van der Waals surface area contributed by atoms with Gasteiger partial charge in [-0.25, -0.2) is 4.79 Å². The predicted octanol–water partition coefficient (Wildman–Crippen LogP) is 1.19. The number of carboxylic acids is 1. The molecule has 2 amide bonds. The van der Waals surface area contributed by atoms with E-state index in [0.29, 0.717) is 5.92 Å². The van der Waals surface area contributed by atoms with Gasteiger partial charge in [-0.1, -0.05) is 0 Å². The molecule has 0 aromatic carbocycles. The number of hydrogen-bond acceptors (Lipinski definition) is 2. The standard InChI is InChI=1S/C11H20N2O3/c1-6(10(14)15)7(2)12-11(16)13-8(3)9-4-5-9/h6-9H,4-5H2,1-3H3,(H,14,15)(H2,12,13,16). The molecule has 0 bridgehead atoms. The zero-order valence-corrected chi connectivity index (χ0v) is 9.99. The van der Waals surface area contributed by atoms with Gasteiger partial charge in [-0.15, -0.1) is 0 Å². The molecule has 16 heavy (non-hydrogen) atoms. The van der Waals surface area contributed by atoms with Crippen molar-refractivity contribution in [1.29, 1.82) is 0 Å². The molecular weight excluding hydrogens is 208 g/mol. The van der Waals surface area contributed by atoms with Crippen molar-refractivity contribution in [3.8, 4) is 0 Å². The van der Waals surface area contributed by atoms with Gasteiger partial charge in [0.15, 0.2) is 0 Å². The van der Waals surface area contributed by atoms with Gasteiger partial charge in [-0.3, -0.25) is 4.79 Å². The molecule has 0 spiro atoms. The molecule has 5 nitrogen and oxygen atoms in total. The SMILES string of the molecule is CC(NC(=O)NC(C)C(C)C(=O)O)C1CC1. The molecule has 0 heterocycles. The zero-order valence-electron chi connectivity index (χ0n) is 9.99. The van der Waals surface area contributed by atoms with Gasteiger partial charge in [-0.2, -0.15) is 0 Å². The fourth-order valence-corrected chi connectivity index (χ4v) is 1.51. The Bertz CT molecular complexity index is 276. The van der Waals surface area contributed by atoms with E-state index in [1.165, 1.54) is 12.8 Å². The van der Waals surface area contributed by atoms with Crippen molar-refractivity contribution in [3.05, 3.63) is 0 Å². The Morgan fingerprint density at radius 1 is 1.19 bits per heavy atom. The minimum absolute atomic E-state index is 0.173. The first kappa shape index (κ1) is 12.8. The third-order valence-corrected chi connectivity index (χ3v) is 3.19. The lowest BCUT2D eigenvalue weighted by Crippen LogP contribution is -2.48. The molecule has 1 aliphatic carbocycles. The van der Waals surface area contributed by atoms with Crippen molar-refractivity contribution in [3.63, 3.8) is 0 Å². The van der Waals surface area contributed by atoms with Crippen LogP contribution in [0, 0.1) is 11.8 Å². The fourth-order valence-electron chi connectivity index (χ4n) is 1.51. The van der Waals surface area contributed by atoms with Crippen LogP contribution in [0.5, 0.6) is 0 Å². The molecule has 5 heteroatoms. The third-order valence-electron chi connectivity index (χ3n) is 3.19. The molecular formula is C11H20N2O3. The molecule has 3 atom stereocenters. The third kappa shape index (κ3) is 3.72. The summed E-state index contributed by atoms with van der Waals surface area (Å²) in [5.74, 6) is -0.886. The molecule has 0 aromatic rings. The summed E-state index contributed by atoms with van der Waals surface area (Å²) in [4.78, 5) is 22.2. The summed E-state index contributed by atoms with van der Waals surface area (Å²) < 4.78 is 0. The Morgan fingerprint density at radius 3 is 2.19 bits per heavy atom. The van der Waals surface area contributed by atoms with Crippen LogP contribution in [0.4, 0.5) is 4.79 Å². The van der Waals surface area contributed by atoms with E-state index in [1.807, 2.05) is 6.92 Å². The van der Waals surface area contributed by atoms with Gasteiger partial charge in [0.05, 0.1) is 5.92 Å². The van der Waals surface area contributed by atoms with E-state index >= 15 is 0 Å². The molecule has 0 saturated heterocycles. The fraction of sp³-hybridized carbons (Fsp3) is 0.818. The lowest BCUT2D eigenvalue weighted by molar-refractivity contribution is -0.141. The second kappa shape index (κ2) is 5.18. The number of carbonyl (C=O) groups is 2. The lowest BCUT2D eigenvalue weighted by atomic mass is 10.0. The second-order valence-electron chi connectivity index (χ2n) is 4.66. The van der Waals surface area contributed by atoms with Gasteiger partial charge in [-0.05, 0) is 39.5 Å². The molecule has 92 valence electrons. The summed E-state index contributed by atoms with van der Waals surface area (Å²) in [7, 11) is 0. The maximum absolute atomic E-state index is 11.5. The lowest BCUT2D eigenvalue weighted by Gasteiger charge is -2.20. The van der Waals surface area contributed by atoms with Crippen molar-refractivity contribution in [1.82, 2.24) is 10.6 Å². The number of aliphatic carboxylic acids is 1. The minimum Gasteiger partial charge on any atom is -0.481 e. The Morgan fingerprint density at radius 2 is 1.75 bits per heavy atom. The van der Waals surface area contributed by atoms with Gasteiger partial charge in [0, 0.05) is 12.1 Å². The highest BCUT2D eigenvalue weighted by Gasteiger charge is 2.29. The Labute approximate surface area is 95.6 Å². The summed E-state index contributed by atoms with van der Waals surface area (Å²) in [6.07, 6.45) is 2.34. The molecule has 0 aromatic heterocycles. The van der Waals surface area contributed by atoms with Crippen LogP contribution in [0.15, 0.2) is 0 Å². The maximum atomic E-state index is 11.5. The van der Waals surface area contributed by atoms with Crippen LogP contribution in [0.1, 0.15) is 33.6 Å². The van der Waals surface area contributed by atoms with E-state index in [9.17, 15) is 9.59 Å². The van der Waals surface area contributed by atoms with Gasteiger partial charge in [0.25, 0.3) is 0 Å². The summed E-state index contributed by atoms with van der Waals surface area (Å²) in [6, 6.07) is -0.476. The van der Waals surface area contributed by atoms with E-state index in [-0.39, 0.29) is 18.1 Å². The summed E-state index contributed by atoms with van der Waals surface area (Å²) >= 11 is 0. The Balaban J connectivity index is 2.29. The summed E-state index contributed by atoms with van der Waals surface area (Å²) in [5.41, 5.74) is 0. The summed E-state index contributed by atoms with van der Waals surface area (Å²) in [6.45, 7) is 5.25. The van der Waals surface area contributed by atoms with Gasteiger partial charge in [0.1, 0.15) is 0 Å². The zero-order chi connectivity index (χ0) is 12.3. The molecule has 1 rings (SSSR count). The van der Waals surface area contributed by atoms with Gasteiger partial charge >= 0.3 is 12.0 Å². The van der Waals surface area contributed by atoms with Crippen LogP contribution in [-0.2, 0) is 4.79 Å². The average molecular weight is 228 g/mol. The normalized spacial score (nSPS) is 20.7. The van der Waals surface area contributed by atoms with E-state index < -0.39 is 11.9 Å². The molecule has 3 unspecified atom stereocenters. The molecule has 1 aliphatic rings. The molecule has 1 fully saturated rings. The highest BCUT2D eigenvalue weighted by molar-refractivity contribution is 5.76. The maximum Gasteiger partial charge on any atom is 0.315 e. The number of nitrogens with one attached hydrogen (secondary N) is 2. The molecule has 0 radical (unpaired) electrons. The minimum atomic E-state index is -0.900. The van der Waals surface area contributed by atoms with E-state index in [4.69, 9.17) is 5.11 Å². The van der Waals surface area contributed by atoms with Crippen molar-refractivity contribution >= 4 is 12.0 Å². The number of amides is 2. The van der Waals surface area contributed by atoms with Crippen molar-refractivity contribution in [2.75, 3.05) is 0 Å². The van der Waals surface area contributed by atoms with E-state index in [1.54, 1.807) is 13.8 Å². The number of carbonyl (C=O) groups excluding carboxylic acids is 1. The second-order valence-corrected chi connectivity index (χ2v) is 4.66. The van der Waals surface area contributed by atoms with E-state index in [0.717, 1.165) is 0 Å². The Hall–Kier alpha value is -1.26.